The molecule has 0 amide bonds. The van der Waals surface area contributed by atoms with Crippen molar-refractivity contribution in [1.82, 2.24) is 0 Å². The summed E-state index contributed by atoms with van der Waals surface area (Å²) in [5, 5.41) is 8.61. The molecule has 0 bridgehead atoms. The third-order valence-electron chi connectivity index (χ3n) is 1.33. The highest BCUT2D eigenvalue weighted by atomic mass is 32.2. The van der Waals surface area contributed by atoms with Gasteiger partial charge in [0.1, 0.15) is 0 Å². The summed E-state index contributed by atoms with van der Waals surface area (Å²) in [7, 11) is 0. The van der Waals surface area contributed by atoms with Crippen molar-refractivity contribution < 1.29 is 0 Å². The zero-order chi connectivity index (χ0) is 8.27. The lowest BCUT2D eigenvalue weighted by atomic mass is 10.2. The van der Waals surface area contributed by atoms with E-state index in [1.54, 1.807) is 11.8 Å². The molecule has 1 aromatic rings. The normalized spacial score (nSPS) is 9.18. The molecule has 11 heavy (non-hydrogen) atoms. The minimum absolute atomic E-state index is 0.714. The van der Waals surface area contributed by atoms with Crippen LogP contribution in [0.4, 0.5) is 0 Å². The standard InChI is InChI=1S/C9H8NS/c1-7-3-8(6-10)5-9(4-7)11-2/h3,5H,1-2H3. The number of rotatable bonds is 1. The molecule has 1 aromatic carbocycles. The Balaban J connectivity index is 3.15. The molecule has 0 aliphatic rings. The number of benzene rings is 1. The van der Waals surface area contributed by atoms with Gasteiger partial charge >= 0.3 is 0 Å². The van der Waals surface area contributed by atoms with Crippen LogP contribution in [-0.4, -0.2) is 6.26 Å². The molecule has 1 radical (unpaired) electrons. The van der Waals surface area contributed by atoms with Gasteiger partial charge in [-0.3, -0.25) is 0 Å². The van der Waals surface area contributed by atoms with E-state index < -0.39 is 0 Å². The molecule has 0 heterocycles. The van der Waals surface area contributed by atoms with Crippen LogP contribution < -0.4 is 0 Å². The van der Waals surface area contributed by atoms with Crippen LogP contribution in [0.2, 0.25) is 0 Å². The fourth-order valence-corrected chi connectivity index (χ4v) is 1.37. The zero-order valence-electron chi connectivity index (χ0n) is 6.51. The van der Waals surface area contributed by atoms with E-state index in [4.69, 9.17) is 5.26 Å². The monoisotopic (exact) mass is 162 g/mol. The van der Waals surface area contributed by atoms with E-state index in [0.29, 0.717) is 5.56 Å². The molecule has 0 aliphatic heterocycles. The maximum atomic E-state index is 8.61. The van der Waals surface area contributed by atoms with E-state index in [0.717, 1.165) is 10.5 Å². The molecule has 1 nitrogen and oxygen atoms in total. The minimum atomic E-state index is 0.714. The molecule has 0 aliphatic carbocycles. The van der Waals surface area contributed by atoms with Gasteiger partial charge in [-0.15, -0.1) is 11.8 Å². The summed E-state index contributed by atoms with van der Waals surface area (Å²) in [4.78, 5) is 1.03. The van der Waals surface area contributed by atoms with Crippen molar-refractivity contribution in [3.63, 3.8) is 0 Å². The fraction of sp³-hybridized carbons (Fsp3) is 0.222. The highest BCUT2D eigenvalue weighted by Gasteiger charge is 1.95. The summed E-state index contributed by atoms with van der Waals surface area (Å²) >= 11 is 1.61. The lowest BCUT2D eigenvalue weighted by molar-refractivity contribution is 1.32. The summed E-state index contributed by atoms with van der Waals surface area (Å²) in [5.41, 5.74) is 1.74. The Morgan fingerprint density at radius 2 is 2.27 bits per heavy atom. The van der Waals surface area contributed by atoms with E-state index >= 15 is 0 Å². The highest BCUT2D eigenvalue weighted by Crippen LogP contribution is 2.17. The molecular formula is C9H8NS. The quantitative estimate of drug-likeness (QED) is 0.592. The molecule has 1 rings (SSSR count). The molecule has 0 spiro atoms. The van der Waals surface area contributed by atoms with Crippen molar-refractivity contribution in [3.05, 3.63) is 29.3 Å². The van der Waals surface area contributed by atoms with Crippen LogP contribution in [0, 0.1) is 24.3 Å². The number of thioether (sulfide) groups is 1. The van der Waals surface area contributed by atoms with Crippen LogP contribution in [0.15, 0.2) is 17.0 Å². The molecule has 0 aromatic heterocycles. The van der Waals surface area contributed by atoms with Gasteiger partial charge in [0.15, 0.2) is 0 Å². The first kappa shape index (κ1) is 8.16. The second-order valence-electron chi connectivity index (χ2n) is 2.23. The predicted octanol–water partition coefficient (Wildman–Crippen LogP) is 2.39. The van der Waals surface area contributed by atoms with E-state index in [1.165, 1.54) is 0 Å². The Kier molecular flexibility index (Phi) is 2.56. The molecular weight excluding hydrogens is 154 g/mol. The van der Waals surface area contributed by atoms with Crippen molar-refractivity contribution in [1.29, 1.82) is 5.26 Å². The number of aryl methyl sites for hydroxylation is 1. The second kappa shape index (κ2) is 3.45. The van der Waals surface area contributed by atoms with Crippen molar-refractivity contribution in [3.8, 4) is 6.07 Å². The van der Waals surface area contributed by atoms with Crippen LogP contribution in [0.1, 0.15) is 11.1 Å². The Labute approximate surface area is 71.0 Å². The average Bonchev–Trinajstić information content (AvgIpc) is 2.03. The minimum Gasteiger partial charge on any atom is -0.192 e. The predicted molar refractivity (Wildman–Crippen MR) is 46.5 cm³/mol. The van der Waals surface area contributed by atoms with E-state index in [1.807, 2.05) is 25.3 Å². The van der Waals surface area contributed by atoms with Gasteiger partial charge in [0.05, 0.1) is 11.6 Å². The van der Waals surface area contributed by atoms with Crippen LogP contribution in [0.25, 0.3) is 0 Å². The second-order valence-corrected chi connectivity index (χ2v) is 3.08. The number of hydrogen-bond donors (Lipinski definition) is 0. The maximum absolute atomic E-state index is 8.61. The van der Waals surface area contributed by atoms with Gasteiger partial charge in [0, 0.05) is 4.90 Å². The molecule has 0 saturated heterocycles. The summed E-state index contributed by atoms with van der Waals surface area (Å²) in [6, 6.07) is 8.93. The van der Waals surface area contributed by atoms with Crippen molar-refractivity contribution in [2.45, 2.75) is 11.8 Å². The SMILES string of the molecule is CSc1[c]c(C)cc(C#N)c1. The summed E-state index contributed by atoms with van der Waals surface area (Å²) < 4.78 is 0. The largest absolute Gasteiger partial charge is 0.192 e. The Hall–Kier alpha value is -0.940. The lowest BCUT2D eigenvalue weighted by Crippen LogP contribution is -1.80. The first-order valence-electron chi connectivity index (χ1n) is 3.24. The van der Waals surface area contributed by atoms with Crippen LogP contribution >= 0.6 is 11.8 Å². The van der Waals surface area contributed by atoms with Crippen molar-refractivity contribution in [2.24, 2.45) is 0 Å². The lowest BCUT2D eigenvalue weighted by Gasteiger charge is -1.97. The summed E-state index contributed by atoms with van der Waals surface area (Å²) in [6.45, 7) is 1.94. The van der Waals surface area contributed by atoms with Gasteiger partial charge in [-0.25, -0.2) is 0 Å². The van der Waals surface area contributed by atoms with Crippen LogP contribution in [0.5, 0.6) is 0 Å². The topological polar surface area (TPSA) is 23.8 Å². The van der Waals surface area contributed by atoms with Gasteiger partial charge in [0.25, 0.3) is 0 Å². The van der Waals surface area contributed by atoms with Gasteiger partial charge in [0.2, 0.25) is 0 Å². The van der Waals surface area contributed by atoms with Gasteiger partial charge in [-0.1, -0.05) is 0 Å². The Morgan fingerprint density at radius 1 is 1.55 bits per heavy atom. The van der Waals surface area contributed by atoms with Crippen LogP contribution in [-0.2, 0) is 0 Å². The van der Waals surface area contributed by atoms with Crippen molar-refractivity contribution >= 4 is 11.8 Å². The number of hydrogen-bond acceptors (Lipinski definition) is 2. The third kappa shape index (κ3) is 1.99. The van der Waals surface area contributed by atoms with E-state index in [9.17, 15) is 0 Å². The third-order valence-corrected chi connectivity index (χ3v) is 1.99. The fourth-order valence-electron chi connectivity index (χ4n) is 0.857. The van der Waals surface area contributed by atoms with Crippen LogP contribution in [0.3, 0.4) is 0 Å². The molecule has 0 fully saturated rings. The van der Waals surface area contributed by atoms with E-state index in [-0.39, 0.29) is 0 Å². The molecule has 2 heteroatoms. The molecule has 0 saturated carbocycles. The Bertz CT molecular complexity index is 299. The van der Waals surface area contributed by atoms with Gasteiger partial charge < -0.3 is 0 Å². The molecule has 0 unspecified atom stereocenters. The number of nitrogens with zero attached hydrogens (tertiary/aromatic N) is 1. The van der Waals surface area contributed by atoms with Gasteiger partial charge in [-0.05, 0) is 36.9 Å². The molecule has 55 valence electrons. The van der Waals surface area contributed by atoms with Crippen molar-refractivity contribution in [2.75, 3.05) is 6.26 Å². The molecule has 0 N–H and O–H groups in total. The smallest absolute Gasteiger partial charge is 0.0992 e. The first-order valence-corrected chi connectivity index (χ1v) is 4.47. The average molecular weight is 162 g/mol. The van der Waals surface area contributed by atoms with E-state index in [2.05, 4.69) is 12.1 Å². The first-order chi connectivity index (χ1) is 5.26. The number of nitriles is 1. The maximum Gasteiger partial charge on any atom is 0.0992 e. The van der Waals surface area contributed by atoms with Gasteiger partial charge in [-0.2, -0.15) is 5.26 Å². The Morgan fingerprint density at radius 3 is 2.82 bits per heavy atom. The highest BCUT2D eigenvalue weighted by molar-refractivity contribution is 7.98. The zero-order valence-corrected chi connectivity index (χ0v) is 7.33. The summed E-state index contributed by atoms with van der Waals surface area (Å²) in [5.74, 6) is 0. The molecule has 0 atom stereocenters. The summed E-state index contributed by atoms with van der Waals surface area (Å²) in [6.07, 6.45) is 1.98.